The molecule has 0 spiro atoms. The van der Waals surface area contributed by atoms with E-state index >= 15 is 0 Å². The summed E-state index contributed by atoms with van der Waals surface area (Å²) in [5, 5.41) is 10.7. The number of fused-ring (bicyclic) bond motifs is 1. The number of amides is 1. The van der Waals surface area contributed by atoms with Crippen molar-refractivity contribution in [3.8, 4) is 0 Å². The number of nitrogens with zero attached hydrogens (tertiary/aromatic N) is 2. The molecule has 0 fully saturated rings. The summed E-state index contributed by atoms with van der Waals surface area (Å²) in [5.74, 6) is -0.173. The monoisotopic (exact) mass is 344 g/mol. The summed E-state index contributed by atoms with van der Waals surface area (Å²) < 4.78 is 0. The summed E-state index contributed by atoms with van der Waals surface area (Å²) in [6, 6.07) is 25.1. The zero-order valence-electron chi connectivity index (χ0n) is 14.5. The van der Waals surface area contributed by atoms with E-state index in [9.17, 15) is 9.90 Å². The number of benzene rings is 3. The number of aliphatic hydroxyl groups is 1. The van der Waals surface area contributed by atoms with Gasteiger partial charge in [0.05, 0.1) is 0 Å². The molecule has 0 saturated carbocycles. The van der Waals surface area contributed by atoms with Crippen molar-refractivity contribution in [1.29, 1.82) is 0 Å². The molecule has 1 aliphatic heterocycles. The van der Waals surface area contributed by atoms with Gasteiger partial charge in [0.25, 0.3) is 5.91 Å². The number of carbonyl (C=O) groups is 1. The number of hydrogen-bond donors (Lipinski definition) is 1. The fourth-order valence-corrected chi connectivity index (χ4v) is 3.49. The predicted octanol–water partition coefficient (Wildman–Crippen LogP) is 4.50. The SMILES string of the molecule is CCN(c1ccccc1)c1cccc(N2C(=O)c3ccccc3C2O)c1. The summed E-state index contributed by atoms with van der Waals surface area (Å²) >= 11 is 0. The van der Waals surface area contributed by atoms with Crippen molar-refractivity contribution in [2.45, 2.75) is 13.2 Å². The molecular weight excluding hydrogens is 324 g/mol. The molecule has 1 amide bonds. The number of para-hydroxylation sites is 1. The Morgan fingerprint density at radius 1 is 0.923 bits per heavy atom. The van der Waals surface area contributed by atoms with Gasteiger partial charge in [0.2, 0.25) is 0 Å². The lowest BCUT2D eigenvalue weighted by atomic mass is 10.1. The summed E-state index contributed by atoms with van der Waals surface area (Å²) in [4.78, 5) is 16.4. The zero-order chi connectivity index (χ0) is 18.1. The Bertz CT molecular complexity index is 940. The standard InChI is InChI=1S/C22H20N2O2/c1-2-23(16-9-4-3-5-10-16)17-11-8-12-18(15-17)24-21(25)19-13-6-7-14-20(19)22(24)26/h3-15,21,25H,2H2,1H3. The summed E-state index contributed by atoms with van der Waals surface area (Å²) in [6.45, 7) is 2.88. The Morgan fingerprint density at radius 3 is 2.35 bits per heavy atom. The molecule has 0 radical (unpaired) electrons. The molecule has 0 aromatic heterocycles. The molecule has 4 rings (SSSR count). The van der Waals surface area contributed by atoms with Crippen LogP contribution in [-0.2, 0) is 0 Å². The minimum atomic E-state index is -0.958. The van der Waals surface area contributed by atoms with E-state index in [4.69, 9.17) is 0 Å². The van der Waals surface area contributed by atoms with Gasteiger partial charge in [-0.1, -0.05) is 42.5 Å². The molecular formula is C22H20N2O2. The topological polar surface area (TPSA) is 43.8 Å². The van der Waals surface area contributed by atoms with Gasteiger partial charge in [0.15, 0.2) is 6.23 Å². The van der Waals surface area contributed by atoms with Gasteiger partial charge in [-0.05, 0) is 43.3 Å². The maximum Gasteiger partial charge on any atom is 0.261 e. The summed E-state index contributed by atoms with van der Waals surface area (Å²) in [5.41, 5.74) is 3.96. The van der Waals surface area contributed by atoms with Crippen LogP contribution in [0.15, 0.2) is 78.9 Å². The Balaban J connectivity index is 1.72. The number of aliphatic hydroxyl groups excluding tert-OH is 1. The van der Waals surface area contributed by atoms with Gasteiger partial charge >= 0.3 is 0 Å². The van der Waals surface area contributed by atoms with Crippen LogP contribution in [0.5, 0.6) is 0 Å². The quantitative estimate of drug-likeness (QED) is 0.758. The van der Waals surface area contributed by atoms with Crippen molar-refractivity contribution >= 4 is 23.0 Å². The van der Waals surface area contributed by atoms with Crippen LogP contribution < -0.4 is 9.80 Å². The van der Waals surface area contributed by atoms with Crippen molar-refractivity contribution in [2.24, 2.45) is 0 Å². The second-order valence-electron chi connectivity index (χ2n) is 6.24. The molecule has 1 atom stereocenters. The van der Waals surface area contributed by atoms with E-state index in [-0.39, 0.29) is 5.91 Å². The first kappa shape index (κ1) is 16.4. The predicted molar refractivity (Wildman–Crippen MR) is 104 cm³/mol. The molecule has 4 heteroatoms. The molecule has 1 unspecified atom stereocenters. The van der Waals surface area contributed by atoms with Gasteiger partial charge in [0.1, 0.15) is 0 Å². The molecule has 26 heavy (non-hydrogen) atoms. The highest BCUT2D eigenvalue weighted by Crippen LogP contribution is 2.37. The van der Waals surface area contributed by atoms with E-state index in [0.29, 0.717) is 16.8 Å². The van der Waals surface area contributed by atoms with Crippen molar-refractivity contribution in [3.63, 3.8) is 0 Å². The fraction of sp³-hybridized carbons (Fsp3) is 0.136. The minimum Gasteiger partial charge on any atom is -0.369 e. The van der Waals surface area contributed by atoms with Crippen LogP contribution in [0, 0.1) is 0 Å². The lowest BCUT2D eigenvalue weighted by Gasteiger charge is -2.26. The van der Waals surface area contributed by atoms with Gasteiger partial charge < -0.3 is 10.0 Å². The lowest BCUT2D eigenvalue weighted by molar-refractivity contribution is 0.0935. The second-order valence-corrected chi connectivity index (χ2v) is 6.24. The third kappa shape index (κ3) is 2.65. The Kier molecular flexibility index (Phi) is 4.19. The molecule has 3 aromatic rings. The smallest absolute Gasteiger partial charge is 0.261 e. The third-order valence-electron chi connectivity index (χ3n) is 4.74. The third-order valence-corrected chi connectivity index (χ3v) is 4.74. The first-order valence-corrected chi connectivity index (χ1v) is 8.74. The number of anilines is 3. The largest absolute Gasteiger partial charge is 0.369 e. The molecule has 1 aliphatic rings. The molecule has 0 bridgehead atoms. The van der Waals surface area contributed by atoms with Crippen molar-refractivity contribution < 1.29 is 9.90 Å². The van der Waals surface area contributed by atoms with Gasteiger partial charge in [-0.15, -0.1) is 0 Å². The Morgan fingerprint density at radius 2 is 1.62 bits per heavy atom. The maximum absolute atomic E-state index is 12.8. The van der Waals surface area contributed by atoms with E-state index in [1.165, 1.54) is 4.90 Å². The van der Waals surface area contributed by atoms with E-state index in [1.54, 1.807) is 12.1 Å². The highest BCUT2D eigenvalue weighted by Gasteiger charge is 2.36. The van der Waals surface area contributed by atoms with Gasteiger partial charge in [0, 0.05) is 34.7 Å². The van der Waals surface area contributed by atoms with Gasteiger partial charge in [-0.25, -0.2) is 0 Å². The first-order chi connectivity index (χ1) is 12.7. The highest BCUT2D eigenvalue weighted by atomic mass is 16.3. The zero-order valence-corrected chi connectivity index (χ0v) is 14.5. The first-order valence-electron chi connectivity index (χ1n) is 8.74. The van der Waals surface area contributed by atoms with Gasteiger partial charge in [-0.3, -0.25) is 9.69 Å². The number of carbonyl (C=O) groups excluding carboxylic acids is 1. The fourth-order valence-electron chi connectivity index (χ4n) is 3.49. The van der Waals surface area contributed by atoms with E-state index in [2.05, 4.69) is 24.0 Å². The van der Waals surface area contributed by atoms with Crippen LogP contribution in [0.2, 0.25) is 0 Å². The van der Waals surface area contributed by atoms with Crippen LogP contribution in [-0.4, -0.2) is 17.6 Å². The molecule has 1 heterocycles. The highest BCUT2D eigenvalue weighted by molar-refractivity contribution is 6.10. The average Bonchev–Trinajstić information content (AvgIpc) is 2.94. The van der Waals surface area contributed by atoms with Crippen molar-refractivity contribution in [3.05, 3.63) is 90.0 Å². The molecule has 130 valence electrons. The number of rotatable bonds is 4. The summed E-state index contributed by atoms with van der Waals surface area (Å²) in [6.07, 6.45) is -0.958. The molecule has 0 saturated heterocycles. The van der Waals surface area contributed by atoms with E-state index < -0.39 is 6.23 Å². The number of hydrogen-bond acceptors (Lipinski definition) is 3. The summed E-state index contributed by atoms with van der Waals surface area (Å²) in [7, 11) is 0. The molecule has 4 nitrogen and oxygen atoms in total. The van der Waals surface area contributed by atoms with Crippen molar-refractivity contribution in [1.82, 2.24) is 0 Å². The Hall–Kier alpha value is -3.11. The average molecular weight is 344 g/mol. The molecule has 3 aromatic carbocycles. The van der Waals surface area contributed by atoms with Crippen LogP contribution in [0.1, 0.15) is 29.1 Å². The minimum absolute atomic E-state index is 0.173. The van der Waals surface area contributed by atoms with E-state index in [0.717, 1.165) is 17.9 Å². The van der Waals surface area contributed by atoms with Crippen LogP contribution in [0.3, 0.4) is 0 Å². The van der Waals surface area contributed by atoms with Gasteiger partial charge in [-0.2, -0.15) is 0 Å². The Labute approximate surface area is 152 Å². The second kappa shape index (κ2) is 6.65. The molecule has 1 N–H and O–H groups in total. The van der Waals surface area contributed by atoms with Crippen LogP contribution in [0.25, 0.3) is 0 Å². The lowest BCUT2D eigenvalue weighted by Crippen LogP contribution is -2.27. The normalized spacial score (nSPS) is 15.8. The maximum atomic E-state index is 12.8. The van der Waals surface area contributed by atoms with Crippen LogP contribution >= 0.6 is 0 Å². The van der Waals surface area contributed by atoms with Crippen LogP contribution in [0.4, 0.5) is 17.1 Å². The van der Waals surface area contributed by atoms with Crippen molar-refractivity contribution in [2.75, 3.05) is 16.3 Å². The van der Waals surface area contributed by atoms with E-state index in [1.807, 2.05) is 54.6 Å². The molecule has 0 aliphatic carbocycles.